The molecule has 5 amide bonds. The predicted octanol–water partition coefficient (Wildman–Crippen LogP) is 0.964. The molecular weight excluding hydrogens is 442 g/mol. The number of hydrogen-bond donors (Lipinski definition) is 2. The molecule has 2 heterocycles. The van der Waals surface area contributed by atoms with Crippen LogP contribution < -0.4 is 20.1 Å². The maximum atomic E-state index is 13.1. The molecule has 0 radical (unpaired) electrons. The van der Waals surface area contributed by atoms with Gasteiger partial charge in [-0.2, -0.15) is 0 Å². The standard InChI is InChI=1S/C24H23N3O7/c1-33-15-8-13(9-16(11-15)34-2)10-20(29)26-22(30)17-5-3-4-14-12-27(24(32)21(14)17)18-6-7-19(28)25-23(18)31/h3-5,8-9,11,18H,6-7,10,12H2,1-2H3,(H,25,28,31)(H,26,29,30). The zero-order chi connectivity index (χ0) is 24.4. The number of imide groups is 2. The zero-order valence-electron chi connectivity index (χ0n) is 18.7. The average Bonchev–Trinajstić information content (AvgIpc) is 3.14. The van der Waals surface area contributed by atoms with E-state index in [0.717, 1.165) is 0 Å². The third kappa shape index (κ3) is 4.47. The van der Waals surface area contributed by atoms with Crippen LogP contribution in [0.2, 0.25) is 0 Å². The monoisotopic (exact) mass is 465 g/mol. The number of nitrogens with zero attached hydrogens (tertiary/aromatic N) is 1. The van der Waals surface area contributed by atoms with Crippen molar-refractivity contribution < 1.29 is 33.4 Å². The Kier molecular flexibility index (Phi) is 6.31. The Hall–Kier alpha value is -4.21. The molecule has 0 bridgehead atoms. The van der Waals surface area contributed by atoms with Gasteiger partial charge < -0.3 is 14.4 Å². The van der Waals surface area contributed by atoms with Crippen LogP contribution in [-0.4, -0.2) is 54.7 Å². The van der Waals surface area contributed by atoms with Gasteiger partial charge in [0.05, 0.1) is 31.8 Å². The molecule has 2 aliphatic heterocycles. The summed E-state index contributed by atoms with van der Waals surface area (Å²) in [6.07, 6.45) is 0.243. The molecule has 2 aliphatic rings. The predicted molar refractivity (Wildman–Crippen MR) is 118 cm³/mol. The fraction of sp³-hybridized carbons (Fsp3) is 0.292. The third-order valence-electron chi connectivity index (χ3n) is 5.83. The van der Waals surface area contributed by atoms with Crippen LogP contribution in [0.3, 0.4) is 0 Å². The largest absolute Gasteiger partial charge is 0.497 e. The minimum atomic E-state index is -0.793. The Balaban J connectivity index is 1.50. The SMILES string of the molecule is COc1cc(CC(=O)NC(=O)c2cccc3c2C(=O)N(C2CCC(=O)NC2=O)C3)cc(OC)c1. The lowest BCUT2D eigenvalue weighted by Crippen LogP contribution is -2.52. The molecule has 1 atom stereocenters. The van der Waals surface area contributed by atoms with E-state index in [1.54, 1.807) is 30.3 Å². The van der Waals surface area contributed by atoms with Crippen LogP contribution in [0.25, 0.3) is 0 Å². The fourth-order valence-corrected chi connectivity index (χ4v) is 4.20. The first-order chi connectivity index (χ1) is 16.3. The zero-order valence-corrected chi connectivity index (χ0v) is 18.7. The van der Waals surface area contributed by atoms with E-state index in [1.165, 1.54) is 25.2 Å². The van der Waals surface area contributed by atoms with E-state index in [4.69, 9.17) is 9.47 Å². The third-order valence-corrected chi connectivity index (χ3v) is 5.83. The summed E-state index contributed by atoms with van der Waals surface area (Å²) in [6.45, 7) is 0.138. The Morgan fingerprint density at radius 3 is 2.44 bits per heavy atom. The van der Waals surface area contributed by atoms with E-state index in [0.29, 0.717) is 22.6 Å². The summed E-state index contributed by atoms with van der Waals surface area (Å²) in [5.41, 5.74) is 1.36. The minimum Gasteiger partial charge on any atom is -0.497 e. The molecule has 4 rings (SSSR count). The van der Waals surface area contributed by atoms with Gasteiger partial charge in [-0.1, -0.05) is 12.1 Å². The summed E-state index contributed by atoms with van der Waals surface area (Å²) in [5.74, 6) is -1.66. The summed E-state index contributed by atoms with van der Waals surface area (Å²) in [5, 5.41) is 4.57. The molecule has 10 heteroatoms. The van der Waals surface area contributed by atoms with Gasteiger partial charge in [-0.05, 0) is 35.7 Å². The molecule has 0 aliphatic carbocycles. The quantitative estimate of drug-likeness (QED) is 0.608. The highest BCUT2D eigenvalue weighted by Crippen LogP contribution is 2.30. The summed E-state index contributed by atoms with van der Waals surface area (Å²) >= 11 is 0. The van der Waals surface area contributed by atoms with Gasteiger partial charge in [0.25, 0.3) is 11.8 Å². The first kappa shape index (κ1) is 23.0. The minimum absolute atomic E-state index is 0.0499. The van der Waals surface area contributed by atoms with Crippen LogP contribution in [0.4, 0.5) is 0 Å². The van der Waals surface area contributed by atoms with Gasteiger partial charge in [0.2, 0.25) is 17.7 Å². The van der Waals surface area contributed by atoms with E-state index < -0.39 is 29.7 Å². The summed E-state index contributed by atoms with van der Waals surface area (Å²) in [6, 6.07) is 8.97. The van der Waals surface area contributed by atoms with E-state index in [1.807, 2.05) is 0 Å². The highest BCUT2D eigenvalue weighted by Gasteiger charge is 2.40. The molecule has 2 aromatic carbocycles. The topological polar surface area (TPSA) is 131 Å². The Morgan fingerprint density at radius 1 is 1.09 bits per heavy atom. The molecule has 2 aromatic rings. The number of piperidine rings is 1. The number of fused-ring (bicyclic) bond motifs is 1. The molecular formula is C24H23N3O7. The lowest BCUT2D eigenvalue weighted by Gasteiger charge is -2.29. The lowest BCUT2D eigenvalue weighted by molar-refractivity contribution is -0.137. The highest BCUT2D eigenvalue weighted by atomic mass is 16.5. The summed E-state index contributed by atoms with van der Waals surface area (Å²) in [4.78, 5) is 63.7. The molecule has 1 fully saturated rings. The van der Waals surface area contributed by atoms with Crippen molar-refractivity contribution in [3.8, 4) is 11.5 Å². The Morgan fingerprint density at radius 2 is 1.79 bits per heavy atom. The van der Waals surface area contributed by atoms with Crippen molar-refractivity contribution in [1.82, 2.24) is 15.5 Å². The number of hydrogen-bond acceptors (Lipinski definition) is 7. The number of methoxy groups -OCH3 is 2. The molecule has 1 unspecified atom stereocenters. The van der Waals surface area contributed by atoms with E-state index >= 15 is 0 Å². The van der Waals surface area contributed by atoms with Crippen molar-refractivity contribution in [2.24, 2.45) is 0 Å². The molecule has 0 aromatic heterocycles. The lowest BCUT2D eigenvalue weighted by atomic mass is 10.0. The van der Waals surface area contributed by atoms with Crippen LogP contribution in [0, 0.1) is 0 Å². The van der Waals surface area contributed by atoms with E-state index in [2.05, 4.69) is 10.6 Å². The van der Waals surface area contributed by atoms with Crippen molar-refractivity contribution in [2.75, 3.05) is 14.2 Å². The van der Waals surface area contributed by atoms with Gasteiger partial charge >= 0.3 is 0 Å². The molecule has 1 saturated heterocycles. The Bertz CT molecular complexity index is 1180. The number of ether oxygens (including phenoxy) is 2. The number of benzene rings is 2. The van der Waals surface area contributed by atoms with Gasteiger partial charge in [-0.3, -0.25) is 34.6 Å². The molecule has 176 valence electrons. The van der Waals surface area contributed by atoms with Crippen LogP contribution in [0.5, 0.6) is 11.5 Å². The van der Waals surface area contributed by atoms with Gasteiger partial charge in [-0.15, -0.1) is 0 Å². The van der Waals surface area contributed by atoms with Crippen LogP contribution in [0.15, 0.2) is 36.4 Å². The smallest absolute Gasteiger partial charge is 0.258 e. The maximum Gasteiger partial charge on any atom is 0.258 e. The average molecular weight is 465 g/mol. The number of amides is 5. The van der Waals surface area contributed by atoms with Crippen molar-refractivity contribution in [3.63, 3.8) is 0 Å². The summed E-state index contributed by atoms with van der Waals surface area (Å²) < 4.78 is 10.4. The molecule has 0 saturated carbocycles. The van der Waals surface area contributed by atoms with Gasteiger partial charge in [0, 0.05) is 19.0 Å². The van der Waals surface area contributed by atoms with Crippen LogP contribution in [0.1, 0.15) is 44.7 Å². The second-order valence-electron chi connectivity index (χ2n) is 8.01. The normalized spacial score (nSPS) is 17.2. The molecule has 0 spiro atoms. The van der Waals surface area contributed by atoms with Crippen LogP contribution >= 0.6 is 0 Å². The van der Waals surface area contributed by atoms with E-state index in [9.17, 15) is 24.0 Å². The van der Waals surface area contributed by atoms with Crippen LogP contribution in [-0.2, 0) is 27.3 Å². The Labute approximate surface area is 195 Å². The second-order valence-corrected chi connectivity index (χ2v) is 8.01. The first-order valence-electron chi connectivity index (χ1n) is 10.6. The van der Waals surface area contributed by atoms with E-state index in [-0.39, 0.29) is 42.8 Å². The molecule has 10 nitrogen and oxygen atoms in total. The number of rotatable bonds is 6. The van der Waals surface area contributed by atoms with Crippen molar-refractivity contribution in [1.29, 1.82) is 0 Å². The fourth-order valence-electron chi connectivity index (χ4n) is 4.20. The van der Waals surface area contributed by atoms with Gasteiger partial charge in [0.15, 0.2) is 0 Å². The highest BCUT2D eigenvalue weighted by molar-refractivity contribution is 6.14. The maximum absolute atomic E-state index is 13.1. The number of nitrogens with one attached hydrogen (secondary N) is 2. The number of carbonyl (C=O) groups is 5. The summed E-state index contributed by atoms with van der Waals surface area (Å²) in [7, 11) is 2.99. The van der Waals surface area contributed by atoms with Gasteiger partial charge in [0.1, 0.15) is 17.5 Å². The molecule has 34 heavy (non-hydrogen) atoms. The van der Waals surface area contributed by atoms with Crippen molar-refractivity contribution in [3.05, 3.63) is 58.7 Å². The molecule has 2 N–H and O–H groups in total. The van der Waals surface area contributed by atoms with Gasteiger partial charge in [-0.25, -0.2) is 0 Å². The second kappa shape index (κ2) is 9.34. The van der Waals surface area contributed by atoms with Crippen molar-refractivity contribution in [2.45, 2.75) is 31.8 Å². The number of carbonyl (C=O) groups excluding carboxylic acids is 5. The van der Waals surface area contributed by atoms with Crippen molar-refractivity contribution >= 4 is 29.5 Å². The first-order valence-corrected chi connectivity index (χ1v) is 10.6.